The lowest BCUT2D eigenvalue weighted by atomic mass is 10.0. The molecule has 0 unspecified atom stereocenters. The summed E-state index contributed by atoms with van der Waals surface area (Å²) in [5.74, 6) is 0.965. The Labute approximate surface area is 165 Å². The molecule has 0 saturated carbocycles. The monoisotopic (exact) mass is 415 g/mol. The molecule has 0 fully saturated rings. The van der Waals surface area contributed by atoms with Crippen molar-refractivity contribution in [1.29, 1.82) is 0 Å². The third-order valence-electron chi connectivity index (χ3n) is 5.02. The molecule has 27 heavy (non-hydrogen) atoms. The van der Waals surface area contributed by atoms with E-state index >= 15 is 0 Å². The van der Waals surface area contributed by atoms with Crippen molar-refractivity contribution >= 4 is 32.3 Å². The third-order valence-corrected chi connectivity index (χ3v) is 9.77. The van der Waals surface area contributed by atoms with Crippen LogP contribution in [-0.2, 0) is 15.6 Å². The molecule has 1 aromatic carbocycles. The second-order valence-corrected chi connectivity index (χ2v) is 13.2. The summed E-state index contributed by atoms with van der Waals surface area (Å²) < 4.78 is 16.8. The molecular weight excluding hydrogens is 390 g/mol. The number of amides is 1. The zero-order valence-corrected chi connectivity index (χ0v) is 17.9. The Bertz CT molecular complexity index is 719. The first-order valence-electron chi connectivity index (χ1n) is 8.65. The number of benzene rings is 1. The van der Waals surface area contributed by atoms with E-state index in [2.05, 4.69) is 26.1 Å². The van der Waals surface area contributed by atoms with E-state index in [1.165, 1.54) is 0 Å². The van der Waals surface area contributed by atoms with Crippen molar-refractivity contribution in [3.05, 3.63) is 22.7 Å². The first-order valence-corrected chi connectivity index (χ1v) is 11.9. The summed E-state index contributed by atoms with van der Waals surface area (Å²) in [6.45, 7) is 10.3. The molecule has 2 N–H and O–H groups in total. The van der Waals surface area contributed by atoms with Crippen LogP contribution in [-0.4, -0.2) is 44.7 Å². The SMILES string of the molecule is CC(C)(C)[Si](C)(C)O[C@H](C=O)[C@H](Cc1cc(Cl)c2c(c1)OCO2)NC(=O)O. The highest BCUT2D eigenvalue weighted by Crippen LogP contribution is 2.40. The van der Waals surface area contributed by atoms with Crippen LogP contribution in [0.15, 0.2) is 12.1 Å². The van der Waals surface area contributed by atoms with Gasteiger partial charge in [0.05, 0.1) is 11.1 Å². The number of fused-ring (bicyclic) bond motifs is 1. The smallest absolute Gasteiger partial charge is 0.404 e. The van der Waals surface area contributed by atoms with Crippen LogP contribution in [0.25, 0.3) is 0 Å². The van der Waals surface area contributed by atoms with Crippen molar-refractivity contribution < 1.29 is 28.6 Å². The van der Waals surface area contributed by atoms with E-state index in [-0.39, 0.29) is 18.3 Å². The minimum Gasteiger partial charge on any atom is -0.465 e. The molecule has 0 aromatic heterocycles. The highest BCUT2D eigenvalue weighted by molar-refractivity contribution is 6.74. The summed E-state index contributed by atoms with van der Waals surface area (Å²) >= 11 is 6.21. The predicted molar refractivity (Wildman–Crippen MR) is 104 cm³/mol. The zero-order chi connectivity index (χ0) is 20.4. The van der Waals surface area contributed by atoms with Gasteiger partial charge in [-0.05, 0) is 42.2 Å². The standard InChI is InChI=1S/C18H26ClNO6Si/c1-18(2,3)27(4,5)26-15(9-21)13(20-17(22)23)7-11-6-12(19)16-14(8-11)24-10-25-16/h6,8-9,13,15,20H,7,10H2,1-5H3,(H,22,23)/t13-,15+/m0/s1. The topological polar surface area (TPSA) is 94.1 Å². The van der Waals surface area contributed by atoms with Crippen LogP contribution in [0.1, 0.15) is 26.3 Å². The van der Waals surface area contributed by atoms with Gasteiger partial charge in [-0.3, -0.25) is 0 Å². The lowest BCUT2D eigenvalue weighted by Crippen LogP contribution is -2.53. The predicted octanol–water partition coefficient (Wildman–Crippen LogP) is 3.84. The van der Waals surface area contributed by atoms with Gasteiger partial charge in [0, 0.05) is 0 Å². The maximum absolute atomic E-state index is 11.8. The molecule has 0 aliphatic carbocycles. The Hall–Kier alpha value is -1.77. The molecule has 2 rings (SSSR count). The van der Waals surface area contributed by atoms with Crippen molar-refractivity contribution in [3.8, 4) is 11.5 Å². The minimum atomic E-state index is -2.28. The minimum absolute atomic E-state index is 0.0841. The molecule has 0 bridgehead atoms. The maximum atomic E-state index is 11.8. The molecule has 150 valence electrons. The fourth-order valence-electron chi connectivity index (χ4n) is 2.52. The molecule has 1 aliphatic heterocycles. The van der Waals surface area contributed by atoms with Crippen molar-refractivity contribution in [3.63, 3.8) is 0 Å². The van der Waals surface area contributed by atoms with Crippen molar-refractivity contribution in [2.75, 3.05) is 6.79 Å². The number of ether oxygens (including phenoxy) is 2. The molecule has 9 heteroatoms. The van der Waals surface area contributed by atoms with E-state index in [0.29, 0.717) is 28.4 Å². The largest absolute Gasteiger partial charge is 0.465 e. The molecular formula is C18H26ClNO6Si. The Morgan fingerprint density at radius 2 is 2.07 bits per heavy atom. The molecule has 1 aromatic rings. The van der Waals surface area contributed by atoms with E-state index < -0.39 is 26.6 Å². The number of aldehydes is 1. The fourth-order valence-corrected chi connectivity index (χ4v) is 4.06. The summed E-state index contributed by atoms with van der Waals surface area (Å²) in [5, 5.41) is 11.9. The molecule has 1 heterocycles. The molecule has 1 amide bonds. The first kappa shape index (κ1) is 21.5. The van der Waals surface area contributed by atoms with Crippen LogP contribution >= 0.6 is 11.6 Å². The molecule has 1 aliphatic rings. The Morgan fingerprint density at radius 3 is 2.63 bits per heavy atom. The molecule has 0 radical (unpaired) electrons. The van der Waals surface area contributed by atoms with Crippen molar-refractivity contribution in [2.45, 2.75) is 57.5 Å². The number of carbonyl (C=O) groups excluding carboxylic acids is 1. The van der Waals surface area contributed by atoms with E-state index in [0.717, 1.165) is 0 Å². The summed E-state index contributed by atoms with van der Waals surface area (Å²) in [5.41, 5.74) is 0.716. The van der Waals surface area contributed by atoms with Crippen LogP contribution in [0.2, 0.25) is 23.2 Å². The van der Waals surface area contributed by atoms with Crippen LogP contribution in [0.3, 0.4) is 0 Å². The lowest BCUT2D eigenvalue weighted by Gasteiger charge is -2.39. The molecule has 0 saturated heterocycles. The van der Waals surface area contributed by atoms with Crippen LogP contribution < -0.4 is 14.8 Å². The molecule has 7 nitrogen and oxygen atoms in total. The van der Waals surface area contributed by atoms with Gasteiger partial charge >= 0.3 is 6.09 Å². The Morgan fingerprint density at radius 1 is 1.41 bits per heavy atom. The van der Waals surface area contributed by atoms with E-state index in [4.69, 9.17) is 25.5 Å². The average molecular weight is 416 g/mol. The summed E-state index contributed by atoms with van der Waals surface area (Å²) in [6, 6.07) is 2.66. The first-order chi connectivity index (χ1) is 12.4. The van der Waals surface area contributed by atoms with Gasteiger partial charge in [-0.1, -0.05) is 32.4 Å². The Balaban J connectivity index is 2.27. The third kappa shape index (κ3) is 5.15. The number of carboxylic acid groups (broad SMARTS) is 1. The van der Waals surface area contributed by atoms with Crippen molar-refractivity contribution in [1.82, 2.24) is 5.32 Å². The highest BCUT2D eigenvalue weighted by Gasteiger charge is 2.41. The van der Waals surface area contributed by atoms with Gasteiger partial charge in [-0.15, -0.1) is 0 Å². The van der Waals surface area contributed by atoms with Gasteiger partial charge in [0.2, 0.25) is 6.79 Å². The van der Waals surface area contributed by atoms with Crippen LogP contribution in [0.4, 0.5) is 4.79 Å². The number of carbonyl (C=O) groups is 2. The van der Waals surface area contributed by atoms with Crippen molar-refractivity contribution in [2.24, 2.45) is 0 Å². The molecule has 0 spiro atoms. The Kier molecular flexibility index (Phi) is 6.44. The van der Waals surface area contributed by atoms with E-state index in [1.807, 2.05) is 13.1 Å². The van der Waals surface area contributed by atoms with Gasteiger partial charge in [-0.2, -0.15) is 0 Å². The maximum Gasteiger partial charge on any atom is 0.404 e. The highest BCUT2D eigenvalue weighted by atomic mass is 35.5. The van der Waals surface area contributed by atoms with Gasteiger partial charge in [-0.25, -0.2) is 4.79 Å². The zero-order valence-electron chi connectivity index (χ0n) is 16.2. The van der Waals surface area contributed by atoms with Gasteiger partial charge in [0.25, 0.3) is 0 Å². The van der Waals surface area contributed by atoms with E-state index in [9.17, 15) is 14.7 Å². The van der Waals surface area contributed by atoms with Gasteiger partial charge < -0.3 is 29.1 Å². The summed E-state index contributed by atoms with van der Waals surface area (Å²) in [6.07, 6.45) is -1.25. The number of halogens is 1. The second-order valence-electron chi connectivity index (χ2n) is 8.05. The molecule has 2 atom stereocenters. The second kappa shape index (κ2) is 8.08. The fraction of sp³-hybridized carbons (Fsp3) is 0.556. The summed E-state index contributed by atoms with van der Waals surface area (Å²) in [4.78, 5) is 23.1. The van der Waals surface area contributed by atoms with E-state index in [1.54, 1.807) is 12.1 Å². The lowest BCUT2D eigenvalue weighted by molar-refractivity contribution is -0.115. The van der Waals surface area contributed by atoms with Gasteiger partial charge in [0.15, 0.2) is 19.8 Å². The quantitative estimate of drug-likeness (QED) is 0.519. The summed E-state index contributed by atoms with van der Waals surface area (Å²) in [7, 11) is -2.28. The van der Waals surface area contributed by atoms with Crippen LogP contribution in [0.5, 0.6) is 11.5 Å². The van der Waals surface area contributed by atoms with Crippen LogP contribution in [0, 0.1) is 0 Å². The average Bonchev–Trinajstić information content (AvgIpc) is 2.99. The number of hydrogen-bond acceptors (Lipinski definition) is 5. The van der Waals surface area contributed by atoms with Gasteiger partial charge in [0.1, 0.15) is 12.4 Å². The number of hydrogen-bond donors (Lipinski definition) is 2. The number of rotatable bonds is 7. The number of nitrogens with one attached hydrogen (secondary N) is 1. The normalized spacial score (nSPS) is 15.9.